The SMILES string of the molecule is Br.CC1(C)CNC(=N)N1. The minimum Gasteiger partial charge on any atom is -0.354 e. The summed E-state index contributed by atoms with van der Waals surface area (Å²) in [7, 11) is 0. The van der Waals surface area contributed by atoms with Gasteiger partial charge in [-0.2, -0.15) is 0 Å². The molecule has 9 heavy (non-hydrogen) atoms. The first-order chi connectivity index (χ1) is 3.60. The van der Waals surface area contributed by atoms with E-state index in [-0.39, 0.29) is 22.5 Å². The third kappa shape index (κ3) is 2.22. The Bertz CT molecular complexity index is 121. The molecular formula is C5H12BrN3. The smallest absolute Gasteiger partial charge is 0.188 e. The largest absolute Gasteiger partial charge is 0.354 e. The average Bonchev–Trinajstić information content (AvgIpc) is 1.82. The van der Waals surface area contributed by atoms with E-state index in [1.54, 1.807) is 0 Å². The molecule has 54 valence electrons. The van der Waals surface area contributed by atoms with E-state index in [1.165, 1.54) is 0 Å². The zero-order chi connectivity index (χ0) is 6.20. The van der Waals surface area contributed by atoms with Crippen LogP contribution in [0, 0.1) is 5.41 Å². The van der Waals surface area contributed by atoms with Gasteiger partial charge in [-0.1, -0.05) is 0 Å². The zero-order valence-electron chi connectivity index (χ0n) is 5.62. The van der Waals surface area contributed by atoms with Crippen LogP contribution in [0.5, 0.6) is 0 Å². The van der Waals surface area contributed by atoms with Crippen LogP contribution in [0.4, 0.5) is 0 Å². The molecule has 1 aliphatic heterocycles. The van der Waals surface area contributed by atoms with Crippen molar-refractivity contribution < 1.29 is 0 Å². The van der Waals surface area contributed by atoms with Crippen molar-refractivity contribution in [1.82, 2.24) is 10.6 Å². The van der Waals surface area contributed by atoms with Gasteiger partial charge in [-0.25, -0.2) is 0 Å². The summed E-state index contributed by atoms with van der Waals surface area (Å²) in [6, 6.07) is 0. The van der Waals surface area contributed by atoms with Gasteiger partial charge in [0.2, 0.25) is 0 Å². The molecular weight excluding hydrogens is 182 g/mol. The van der Waals surface area contributed by atoms with Crippen molar-refractivity contribution in [2.24, 2.45) is 0 Å². The Morgan fingerprint density at radius 1 is 1.56 bits per heavy atom. The molecule has 1 saturated heterocycles. The molecule has 1 rings (SSSR count). The predicted octanol–water partition coefficient (Wildman–Crippen LogP) is 0.470. The van der Waals surface area contributed by atoms with Gasteiger partial charge in [0.25, 0.3) is 0 Å². The normalized spacial score (nSPS) is 21.8. The maximum absolute atomic E-state index is 7.08. The Kier molecular flexibility index (Phi) is 2.49. The molecule has 0 atom stereocenters. The summed E-state index contributed by atoms with van der Waals surface area (Å²) < 4.78 is 0. The van der Waals surface area contributed by atoms with Crippen molar-refractivity contribution >= 4 is 22.9 Å². The molecule has 0 aliphatic carbocycles. The summed E-state index contributed by atoms with van der Waals surface area (Å²) in [6.07, 6.45) is 0. The van der Waals surface area contributed by atoms with Gasteiger partial charge in [-0.05, 0) is 13.8 Å². The van der Waals surface area contributed by atoms with E-state index in [4.69, 9.17) is 5.41 Å². The van der Waals surface area contributed by atoms with Gasteiger partial charge in [0, 0.05) is 6.54 Å². The van der Waals surface area contributed by atoms with Crippen LogP contribution in [0.25, 0.3) is 0 Å². The monoisotopic (exact) mass is 193 g/mol. The maximum atomic E-state index is 7.08. The highest BCUT2D eigenvalue weighted by molar-refractivity contribution is 8.93. The quantitative estimate of drug-likeness (QED) is 0.525. The lowest BCUT2D eigenvalue weighted by Gasteiger charge is -2.14. The summed E-state index contributed by atoms with van der Waals surface area (Å²) >= 11 is 0. The van der Waals surface area contributed by atoms with Crippen LogP contribution in [0.15, 0.2) is 0 Å². The number of hydrogen-bond acceptors (Lipinski definition) is 1. The second kappa shape index (κ2) is 2.56. The molecule has 4 heteroatoms. The molecule has 3 nitrogen and oxygen atoms in total. The number of rotatable bonds is 0. The van der Waals surface area contributed by atoms with Gasteiger partial charge < -0.3 is 10.6 Å². The molecule has 1 aliphatic rings. The summed E-state index contributed by atoms with van der Waals surface area (Å²) in [5.74, 6) is 0.440. The Hall–Kier alpha value is -0.250. The Balaban J connectivity index is 0.000000640. The Labute approximate surface area is 65.5 Å². The molecule has 0 aromatic heterocycles. The fourth-order valence-corrected chi connectivity index (χ4v) is 0.736. The first-order valence-electron chi connectivity index (χ1n) is 2.71. The van der Waals surface area contributed by atoms with Gasteiger partial charge in [0.15, 0.2) is 5.96 Å². The van der Waals surface area contributed by atoms with E-state index in [9.17, 15) is 0 Å². The maximum Gasteiger partial charge on any atom is 0.188 e. The summed E-state index contributed by atoms with van der Waals surface area (Å²) in [5, 5.41) is 12.9. The van der Waals surface area contributed by atoms with E-state index < -0.39 is 0 Å². The highest BCUT2D eigenvalue weighted by atomic mass is 79.9. The number of hydrogen-bond donors (Lipinski definition) is 3. The molecule has 0 aromatic rings. The van der Waals surface area contributed by atoms with Crippen LogP contribution in [0.1, 0.15) is 13.8 Å². The first-order valence-corrected chi connectivity index (χ1v) is 2.71. The molecule has 0 spiro atoms. The van der Waals surface area contributed by atoms with Crippen LogP contribution in [0.2, 0.25) is 0 Å². The zero-order valence-corrected chi connectivity index (χ0v) is 7.33. The highest BCUT2D eigenvalue weighted by Gasteiger charge is 2.24. The number of guanidine groups is 1. The van der Waals surface area contributed by atoms with Crippen molar-refractivity contribution in [3.63, 3.8) is 0 Å². The molecule has 3 N–H and O–H groups in total. The number of nitrogens with one attached hydrogen (secondary N) is 3. The standard InChI is InChI=1S/C5H11N3.BrH/c1-5(2)3-7-4(6)8-5;/h3H2,1-2H3,(H3,6,7,8);1H. The van der Waals surface area contributed by atoms with Gasteiger partial charge in [0.1, 0.15) is 0 Å². The molecule has 0 bridgehead atoms. The average molecular weight is 194 g/mol. The van der Waals surface area contributed by atoms with Crippen molar-refractivity contribution in [1.29, 1.82) is 5.41 Å². The molecule has 0 amide bonds. The predicted molar refractivity (Wildman–Crippen MR) is 43.3 cm³/mol. The first kappa shape index (κ1) is 8.75. The van der Waals surface area contributed by atoms with Gasteiger partial charge >= 0.3 is 0 Å². The van der Waals surface area contributed by atoms with Crippen LogP contribution in [-0.4, -0.2) is 18.0 Å². The topological polar surface area (TPSA) is 47.9 Å². The second-order valence-corrected chi connectivity index (χ2v) is 2.74. The second-order valence-electron chi connectivity index (χ2n) is 2.74. The van der Waals surface area contributed by atoms with Crippen LogP contribution < -0.4 is 10.6 Å². The van der Waals surface area contributed by atoms with Gasteiger partial charge in [0.05, 0.1) is 5.54 Å². The van der Waals surface area contributed by atoms with E-state index in [0.29, 0.717) is 5.96 Å². The van der Waals surface area contributed by atoms with E-state index in [1.807, 2.05) is 0 Å². The fourth-order valence-electron chi connectivity index (χ4n) is 0.736. The third-order valence-corrected chi connectivity index (χ3v) is 1.17. The minimum atomic E-state index is 0. The van der Waals surface area contributed by atoms with Crippen molar-refractivity contribution in [3.8, 4) is 0 Å². The fraction of sp³-hybridized carbons (Fsp3) is 0.800. The summed E-state index contributed by atoms with van der Waals surface area (Å²) in [4.78, 5) is 0. The van der Waals surface area contributed by atoms with E-state index >= 15 is 0 Å². The van der Waals surface area contributed by atoms with Crippen molar-refractivity contribution in [3.05, 3.63) is 0 Å². The summed E-state index contributed by atoms with van der Waals surface area (Å²) in [6.45, 7) is 4.97. The van der Waals surface area contributed by atoms with Crippen LogP contribution in [-0.2, 0) is 0 Å². The van der Waals surface area contributed by atoms with E-state index in [2.05, 4.69) is 24.5 Å². The molecule has 0 aromatic carbocycles. The molecule has 0 unspecified atom stereocenters. The van der Waals surface area contributed by atoms with Gasteiger partial charge in [-0.3, -0.25) is 5.41 Å². The van der Waals surface area contributed by atoms with E-state index in [0.717, 1.165) is 6.54 Å². The Morgan fingerprint density at radius 2 is 2.11 bits per heavy atom. The Morgan fingerprint density at radius 3 is 2.22 bits per heavy atom. The van der Waals surface area contributed by atoms with Crippen molar-refractivity contribution in [2.75, 3.05) is 6.54 Å². The highest BCUT2D eigenvalue weighted by Crippen LogP contribution is 2.02. The minimum absolute atomic E-state index is 0. The lowest BCUT2D eigenvalue weighted by Crippen LogP contribution is -2.36. The lowest BCUT2D eigenvalue weighted by atomic mass is 10.1. The van der Waals surface area contributed by atoms with Gasteiger partial charge in [-0.15, -0.1) is 17.0 Å². The van der Waals surface area contributed by atoms with Crippen LogP contribution in [0.3, 0.4) is 0 Å². The molecule has 0 radical (unpaired) electrons. The summed E-state index contributed by atoms with van der Waals surface area (Å²) in [5.41, 5.74) is 0.0804. The molecule has 1 fully saturated rings. The third-order valence-electron chi connectivity index (χ3n) is 1.17. The number of halogens is 1. The molecule has 1 heterocycles. The van der Waals surface area contributed by atoms with Crippen molar-refractivity contribution in [2.45, 2.75) is 19.4 Å². The molecule has 0 saturated carbocycles. The van der Waals surface area contributed by atoms with Crippen LogP contribution >= 0.6 is 17.0 Å². The lowest BCUT2D eigenvalue weighted by molar-refractivity contribution is 0.506.